The first kappa shape index (κ1) is 15.8. The van der Waals surface area contributed by atoms with Crippen LogP contribution in [0.5, 0.6) is 5.75 Å². The maximum absolute atomic E-state index is 13.4. The molecule has 0 aliphatic heterocycles. The molecule has 0 saturated heterocycles. The number of hydrogen-bond donors (Lipinski definition) is 3. The van der Waals surface area contributed by atoms with E-state index in [9.17, 15) is 22.7 Å². The second kappa shape index (κ2) is 5.64. The average molecular weight is 325 g/mol. The lowest BCUT2D eigenvalue weighted by molar-refractivity contribution is 0.0692. The Bertz CT molecular complexity index is 831. The third kappa shape index (κ3) is 3.17. The molecule has 8 heteroatoms. The second-order valence-electron chi connectivity index (χ2n) is 4.57. The number of carboxylic acids is 1. The number of aromatic hydroxyl groups is 1. The van der Waals surface area contributed by atoms with Crippen LogP contribution in [0.1, 0.15) is 15.9 Å². The Morgan fingerprint density at radius 1 is 1.18 bits per heavy atom. The number of hydrogen-bond acceptors (Lipinski definition) is 4. The van der Waals surface area contributed by atoms with Crippen molar-refractivity contribution in [3.05, 3.63) is 53.3 Å². The van der Waals surface area contributed by atoms with Crippen LogP contribution in [0.15, 0.2) is 41.3 Å². The summed E-state index contributed by atoms with van der Waals surface area (Å²) in [6.45, 7) is 1.79. The molecule has 0 fully saturated rings. The van der Waals surface area contributed by atoms with Crippen LogP contribution >= 0.6 is 0 Å². The van der Waals surface area contributed by atoms with Crippen LogP contribution in [0.25, 0.3) is 0 Å². The zero-order valence-corrected chi connectivity index (χ0v) is 12.2. The first-order chi connectivity index (χ1) is 10.2. The van der Waals surface area contributed by atoms with Gasteiger partial charge in [0.25, 0.3) is 10.0 Å². The number of sulfonamides is 1. The third-order valence-corrected chi connectivity index (χ3v) is 4.27. The molecule has 0 saturated carbocycles. The molecule has 0 amide bonds. The molecule has 0 bridgehead atoms. The van der Waals surface area contributed by atoms with E-state index in [1.165, 1.54) is 12.1 Å². The van der Waals surface area contributed by atoms with Crippen molar-refractivity contribution in [2.45, 2.75) is 11.8 Å². The fraction of sp³-hybridized carbons (Fsp3) is 0.0714. The Kier molecular flexibility index (Phi) is 4.05. The van der Waals surface area contributed by atoms with Crippen LogP contribution in [-0.2, 0) is 10.0 Å². The highest BCUT2D eigenvalue weighted by atomic mass is 32.2. The summed E-state index contributed by atoms with van der Waals surface area (Å²) < 4.78 is 39.7. The lowest BCUT2D eigenvalue weighted by atomic mass is 10.2. The molecule has 2 aromatic rings. The van der Waals surface area contributed by atoms with Crippen molar-refractivity contribution in [3.63, 3.8) is 0 Å². The molecule has 3 N–H and O–H groups in total. The molecule has 0 spiro atoms. The number of phenolic OH excluding ortho intramolecular Hbond substituents is 1. The zero-order valence-electron chi connectivity index (χ0n) is 11.4. The highest BCUT2D eigenvalue weighted by molar-refractivity contribution is 7.92. The van der Waals surface area contributed by atoms with Crippen molar-refractivity contribution in [2.75, 3.05) is 4.72 Å². The summed E-state index contributed by atoms with van der Waals surface area (Å²) in [6, 6.07) is 7.14. The van der Waals surface area contributed by atoms with Crippen molar-refractivity contribution in [3.8, 4) is 5.75 Å². The maximum Gasteiger partial charge on any atom is 0.338 e. The van der Waals surface area contributed by atoms with Gasteiger partial charge < -0.3 is 10.2 Å². The van der Waals surface area contributed by atoms with Crippen molar-refractivity contribution >= 4 is 21.7 Å². The second-order valence-corrected chi connectivity index (χ2v) is 6.26. The predicted molar refractivity (Wildman–Crippen MR) is 77.0 cm³/mol. The molecule has 0 heterocycles. The monoisotopic (exact) mass is 325 g/mol. The van der Waals surface area contributed by atoms with Crippen molar-refractivity contribution < 1.29 is 27.8 Å². The number of nitrogens with one attached hydrogen (secondary N) is 1. The lowest BCUT2D eigenvalue weighted by Crippen LogP contribution is -2.14. The van der Waals surface area contributed by atoms with Gasteiger partial charge in [-0.1, -0.05) is 17.7 Å². The van der Waals surface area contributed by atoms with E-state index < -0.39 is 38.8 Å². The van der Waals surface area contributed by atoms with Gasteiger partial charge in [-0.05, 0) is 25.1 Å². The molecule has 0 aromatic heterocycles. The van der Waals surface area contributed by atoms with E-state index in [4.69, 9.17) is 5.11 Å². The Morgan fingerprint density at radius 2 is 1.77 bits per heavy atom. The Labute approximate surface area is 125 Å². The molecule has 0 radical (unpaired) electrons. The van der Waals surface area contributed by atoms with Gasteiger partial charge in [0.05, 0.1) is 16.1 Å². The summed E-state index contributed by atoms with van der Waals surface area (Å²) in [7, 11) is -4.03. The molecule has 0 unspecified atom stereocenters. The predicted octanol–water partition coefficient (Wildman–Crippen LogP) is 2.34. The molecule has 22 heavy (non-hydrogen) atoms. The van der Waals surface area contributed by atoms with E-state index in [1.54, 1.807) is 19.1 Å². The molecule has 2 aromatic carbocycles. The van der Waals surface area contributed by atoms with Gasteiger partial charge >= 0.3 is 5.97 Å². The third-order valence-electron chi connectivity index (χ3n) is 2.89. The van der Waals surface area contributed by atoms with Crippen LogP contribution in [-0.4, -0.2) is 24.6 Å². The summed E-state index contributed by atoms with van der Waals surface area (Å²) in [4.78, 5) is 10.8. The van der Waals surface area contributed by atoms with Gasteiger partial charge in [-0.3, -0.25) is 4.72 Å². The van der Waals surface area contributed by atoms with Crippen LogP contribution in [0.4, 0.5) is 10.1 Å². The van der Waals surface area contributed by atoms with Crippen LogP contribution in [0.3, 0.4) is 0 Å². The Hall–Kier alpha value is -2.61. The highest BCUT2D eigenvalue weighted by Crippen LogP contribution is 2.29. The number of phenols is 1. The van der Waals surface area contributed by atoms with Gasteiger partial charge in [0.2, 0.25) is 0 Å². The molecule has 6 nitrogen and oxygen atoms in total. The maximum atomic E-state index is 13.4. The van der Waals surface area contributed by atoms with Crippen LogP contribution in [0, 0.1) is 12.7 Å². The minimum Gasteiger partial charge on any atom is -0.506 e. The number of carbonyl (C=O) groups is 1. The van der Waals surface area contributed by atoms with Crippen molar-refractivity contribution in [1.29, 1.82) is 0 Å². The quantitative estimate of drug-likeness (QED) is 0.749. The van der Waals surface area contributed by atoms with Gasteiger partial charge in [0, 0.05) is 6.07 Å². The van der Waals surface area contributed by atoms with Crippen LogP contribution in [0.2, 0.25) is 0 Å². The fourth-order valence-electron chi connectivity index (χ4n) is 1.73. The number of rotatable bonds is 4. The first-order valence-corrected chi connectivity index (χ1v) is 7.54. The normalized spacial score (nSPS) is 11.2. The summed E-state index contributed by atoms with van der Waals surface area (Å²) in [6.07, 6.45) is 0. The number of aryl methyl sites for hydroxylation is 1. The topological polar surface area (TPSA) is 104 Å². The van der Waals surface area contributed by atoms with E-state index in [0.717, 1.165) is 11.6 Å². The minimum absolute atomic E-state index is 0.0706. The van der Waals surface area contributed by atoms with Crippen molar-refractivity contribution in [1.82, 2.24) is 0 Å². The summed E-state index contributed by atoms with van der Waals surface area (Å²) in [5, 5.41) is 18.4. The molecule has 116 valence electrons. The summed E-state index contributed by atoms with van der Waals surface area (Å²) in [5.41, 5.74) is -0.310. The first-order valence-electron chi connectivity index (χ1n) is 6.06. The van der Waals surface area contributed by atoms with E-state index in [-0.39, 0.29) is 4.90 Å². The fourth-order valence-corrected chi connectivity index (χ4v) is 2.79. The molecule has 0 atom stereocenters. The number of benzene rings is 2. The van der Waals surface area contributed by atoms with E-state index >= 15 is 0 Å². The lowest BCUT2D eigenvalue weighted by Gasteiger charge is -2.11. The summed E-state index contributed by atoms with van der Waals surface area (Å²) in [5.74, 6) is -3.45. The van der Waals surface area contributed by atoms with Gasteiger partial charge in [0.15, 0.2) is 0 Å². The standard InChI is InChI=1S/C14H12FNO5S/c1-8-2-4-9(5-3-8)22(20,21)16-12-6-10(14(18)19)11(15)7-13(12)17/h2-7,16-17H,1H3,(H,18,19). The highest BCUT2D eigenvalue weighted by Gasteiger charge is 2.20. The smallest absolute Gasteiger partial charge is 0.338 e. The largest absolute Gasteiger partial charge is 0.506 e. The van der Waals surface area contributed by atoms with Gasteiger partial charge in [0.1, 0.15) is 11.6 Å². The molecular weight excluding hydrogens is 313 g/mol. The molecule has 0 aliphatic rings. The van der Waals surface area contributed by atoms with Crippen LogP contribution < -0.4 is 4.72 Å². The molecule has 0 aliphatic carbocycles. The minimum atomic E-state index is -4.03. The van der Waals surface area contributed by atoms with Gasteiger partial charge in [-0.15, -0.1) is 0 Å². The molecular formula is C14H12FNO5S. The number of halogens is 1. The Morgan fingerprint density at radius 3 is 2.32 bits per heavy atom. The van der Waals surface area contributed by atoms with E-state index in [2.05, 4.69) is 0 Å². The van der Waals surface area contributed by atoms with Gasteiger partial charge in [-0.25, -0.2) is 17.6 Å². The molecule has 2 rings (SSSR count). The van der Waals surface area contributed by atoms with Gasteiger partial charge in [-0.2, -0.15) is 0 Å². The van der Waals surface area contributed by atoms with E-state index in [0.29, 0.717) is 6.07 Å². The Balaban J connectivity index is 2.43. The number of anilines is 1. The number of carboxylic acid groups (broad SMARTS) is 1. The zero-order chi connectivity index (χ0) is 16.5. The van der Waals surface area contributed by atoms with Crippen molar-refractivity contribution in [2.24, 2.45) is 0 Å². The number of aromatic carboxylic acids is 1. The van der Waals surface area contributed by atoms with E-state index in [1.807, 2.05) is 4.72 Å². The average Bonchev–Trinajstić information content (AvgIpc) is 2.41. The summed E-state index contributed by atoms with van der Waals surface area (Å²) >= 11 is 0. The SMILES string of the molecule is Cc1ccc(S(=O)(=O)Nc2cc(C(=O)O)c(F)cc2O)cc1.